The molecule has 0 spiro atoms. The van der Waals surface area contributed by atoms with Gasteiger partial charge in [-0.15, -0.1) is 0 Å². The SMILES string of the molecule is COc1cccc(C(O)CNS(=O)(=O)c2cc(C)ccc2C)c1. The molecule has 0 saturated heterocycles. The Kier molecular flexibility index (Phi) is 5.41. The molecule has 2 N–H and O–H groups in total. The minimum absolute atomic E-state index is 0.108. The van der Waals surface area contributed by atoms with Gasteiger partial charge in [0.1, 0.15) is 5.75 Å². The first-order valence-corrected chi connectivity index (χ1v) is 8.71. The first-order valence-electron chi connectivity index (χ1n) is 7.22. The summed E-state index contributed by atoms with van der Waals surface area (Å²) >= 11 is 0. The second kappa shape index (κ2) is 7.12. The van der Waals surface area contributed by atoms with Crippen LogP contribution in [0, 0.1) is 13.8 Å². The predicted octanol–water partition coefficient (Wildman–Crippen LogP) is 2.32. The van der Waals surface area contributed by atoms with Gasteiger partial charge in [0.15, 0.2) is 0 Å². The lowest BCUT2D eigenvalue weighted by molar-refractivity contribution is 0.181. The highest BCUT2D eigenvalue weighted by Crippen LogP contribution is 2.20. The molecule has 0 saturated carbocycles. The van der Waals surface area contributed by atoms with Crippen LogP contribution in [0.1, 0.15) is 22.8 Å². The average Bonchev–Trinajstić information content (AvgIpc) is 2.55. The van der Waals surface area contributed by atoms with Crippen molar-refractivity contribution in [2.75, 3.05) is 13.7 Å². The normalized spacial score (nSPS) is 12.9. The number of sulfonamides is 1. The van der Waals surface area contributed by atoms with Crippen molar-refractivity contribution in [1.29, 1.82) is 0 Å². The molecule has 2 aromatic rings. The molecule has 2 rings (SSSR count). The number of rotatable bonds is 6. The van der Waals surface area contributed by atoms with Gasteiger partial charge in [0, 0.05) is 6.54 Å². The zero-order valence-electron chi connectivity index (χ0n) is 13.4. The quantitative estimate of drug-likeness (QED) is 0.849. The van der Waals surface area contributed by atoms with Crippen molar-refractivity contribution in [3.63, 3.8) is 0 Å². The summed E-state index contributed by atoms with van der Waals surface area (Å²) in [6, 6.07) is 12.2. The highest BCUT2D eigenvalue weighted by Gasteiger charge is 2.19. The molecule has 0 radical (unpaired) electrons. The van der Waals surface area contributed by atoms with Crippen molar-refractivity contribution >= 4 is 10.0 Å². The maximum Gasteiger partial charge on any atom is 0.240 e. The molecule has 2 aromatic carbocycles. The number of benzene rings is 2. The van der Waals surface area contributed by atoms with E-state index < -0.39 is 16.1 Å². The van der Waals surface area contributed by atoms with Gasteiger partial charge in [0.25, 0.3) is 0 Å². The lowest BCUT2D eigenvalue weighted by atomic mass is 10.1. The summed E-state index contributed by atoms with van der Waals surface area (Å²) in [4.78, 5) is 0.232. The first kappa shape index (κ1) is 17.5. The molecule has 0 fully saturated rings. The fourth-order valence-corrected chi connectivity index (χ4v) is 3.60. The molecule has 0 aliphatic carbocycles. The molecule has 23 heavy (non-hydrogen) atoms. The molecule has 6 heteroatoms. The van der Waals surface area contributed by atoms with E-state index in [0.717, 1.165) is 5.56 Å². The second-order valence-corrected chi connectivity index (χ2v) is 7.15. The van der Waals surface area contributed by atoms with Crippen molar-refractivity contribution in [2.45, 2.75) is 24.8 Å². The third-order valence-corrected chi connectivity index (χ3v) is 5.14. The van der Waals surface area contributed by atoms with Crippen LogP contribution in [0.3, 0.4) is 0 Å². The van der Waals surface area contributed by atoms with Crippen LogP contribution >= 0.6 is 0 Å². The number of aryl methyl sites for hydroxylation is 2. The molecule has 0 aromatic heterocycles. The van der Waals surface area contributed by atoms with E-state index in [2.05, 4.69) is 4.72 Å². The standard InChI is InChI=1S/C17H21NO4S/c1-12-7-8-13(2)17(9-12)23(20,21)18-11-16(19)14-5-4-6-15(10-14)22-3/h4-10,16,18-19H,11H2,1-3H3. The third kappa shape index (κ3) is 4.31. The van der Waals surface area contributed by atoms with E-state index in [1.165, 1.54) is 7.11 Å². The van der Waals surface area contributed by atoms with Gasteiger partial charge in [-0.1, -0.05) is 24.3 Å². The van der Waals surface area contributed by atoms with Gasteiger partial charge in [-0.3, -0.25) is 0 Å². The summed E-state index contributed by atoms with van der Waals surface area (Å²) in [5.41, 5.74) is 2.12. The van der Waals surface area contributed by atoms with Crippen LogP contribution in [-0.4, -0.2) is 27.2 Å². The Morgan fingerprint density at radius 2 is 1.91 bits per heavy atom. The Balaban J connectivity index is 2.13. The average molecular weight is 335 g/mol. The molecule has 1 atom stereocenters. The van der Waals surface area contributed by atoms with E-state index >= 15 is 0 Å². The van der Waals surface area contributed by atoms with Crippen molar-refractivity contribution < 1.29 is 18.3 Å². The minimum atomic E-state index is -3.67. The van der Waals surface area contributed by atoms with E-state index in [9.17, 15) is 13.5 Å². The molecule has 0 bridgehead atoms. The van der Waals surface area contributed by atoms with E-state index in [4.69, 9.17) is 4.74 Å². The van der Waals surface area contributed by atoms with Crippen LogP contribution in [0.2, 0.25) is 0 Å². The van der Waals surface area contributed by atoms with Crippen LogP contribution < -0.4 is 9.46 Å². The number of methoxy groups -OCH3 is 1. The summed E-state index contributed by atoms with van der Waals surface area (Å²) in [5.74, 6) is 0.610. The Labute approximate surface area is 137 Å². The summed E-state index contributed by atoms with van der Waals surface area (Å²) in [6.45, 7) is 3.47. The predicted molar refractivity (Wildman–Crippen MR) is 89.1 cm³/mol. The third-order valence-electron chi connectivity index (χ3n) is 3.58. The van der Waals surface area contributed by atoms with Gasteiger partial charge in [-0.05, 0) is 48.7 Å². The molecule has 5 nitrogen and oxygen atoms in total. The van der Waals surface area contributed by atoms with Crippen LogP contribution in [0.5, 0.6) is 5.75 Å². The number of nitrogens with one attached hydrogen (secondary N) is 1. The topological polar surface area (TPSA) is 75.6 Å². The molecule has 124 valence electrons. The number of hydrogen-bond donors (Lipinski definition) is 2. The van der Waals surface area contributed by atoms with Crippen molar-refractivity contribution in [3.8, 4) is 5.75 Å². The van der Waals surface area contributed by atoms with Crippen LogP contribution in [0.25, 0.3) is 0 Å². The van der Waals surface area contributed by atoms with E-state index in [1.807, 2.05) is 13.0 Å². The zero-order valence-corrected chi connectivity index (χ0v) is 14.2. The highest BCUT2D eigenvalue weighted by molar-refractivity contribution is 7.89. The fraction of sp³-hybridized carbons (Fsp3) is 0.294. The monoisotopic (exact) mass is 335 g/mol. The smallest absolute Gasteiger partial charge is 0.240 e. The molecule has 0 aliphatic heterocycles. The summed E-state index contributed by atoms with van der Waals surface area (Å²) in [7, 11) is -2.14. The Morgan fingerprint density at radius 1 is 1.17 bits per heavy atom. The van der Waals surface area contributed by atoms with Gasteiger partial charge < -0.3 is 9.84 Å². The lowest BCUT2D eigenvalue weighted by Crippen LogP contribution is -2.29. The number of aliphatic hydroxyl groups is 1. The number of aliphatic hydroxyl groups excluding tert-OH is 1. The van der Waals surface area contributed by atoms with Crippen molar-refractivity contribution in [1.82, 2.24) is 4.72 Å². The van der Waals surface area contributed by atoms with Crippen LogP contribution in [0.15, 0.2) is 47.4 Å². The van der Waals surface area contributed by atoms with Gasteiger partial charge >= 0.3 is 0 Å². The molecule has 0 amide bonds. The van der Waals surface area contributed by atoms with E-state index in [-0.39, 0.29) is 11.4 Å². The minimum Gasteiger partial charge on any atom is -0.497 e. The Morgan fingerprint density at radius 3 is 2.61 bits per heavy atom. The van der Waals surface area contributed by atoms with E-state index in [0.29, 0.717) is 16.9 Å². The van der Waals surface area contributed by atoms with Crippen molar-refractivity contribution in [3.05, 3.63) is 59.2 Å². The first-order chi connectivity index (χ1) is 10.8. The maximum absolute atomic E-state index is 12.4. The molecule has 0 heterocycles. The number of ether oxygens (including phenoxy) is 1. The van der Waals surface area contributed by atoms with Gasteiger partial charge in [-0.2, -0.15) is 0 Å². The molecule has 1 unspecified atom stereocenters. The second-order valence-electron chi connectivity index (χ2n) is 5.41. The van der Waals surface area contributed by atoms with Crippen molar-refractivity contribution in [2.24, 2.45) is 0 Å². The van der Waals surface area contributed by atoms with Gasteiger partial charge in [0.2, 0.25) is 10.0 Å². The highest BCUT2D eigenvalue weighted by atomic mass is 32.2. The van der Waals surface area contributed by atoms with Gasteiger partial charge in [0.05, 0.1) is 18.1 Å². The number of hydrogen-bond acceptors (Lipinski definition) is 4. The van der Waals surface area contributed by atoms with E-state index in [1.54, 1.807) is 43.3 Å². The maximum atomic E-state index is 12.4. The lowest BCUT2D eigenvalue weighted by Gasteiger charge is -2.15. The van der Waals surface area contributed by atoms with Gasteiger partial charge in [-0.25, -0.2) is 13.1 Å². The summed E-state index contributed by atoms with van der Waals surface area (Å²) in [6.07, 6.45) is -0.954. The zero-order chi connectivity index (χ0) is 17.0. The van der Waals surface area contributed by atoms with Crippen LogP contribution in [0.4, 0.5) is 0 Å². The molecule has 0 aliphatic rings. The molecular weight excluding hydrogens is 314 g/mol. The Bertz CT molecular complexity index is 787. The summed E-state index contributed by atoms with van der Waals surface area (Å²) in [5, 5.41) is 10.2. The Hall–Kier alpha value is -1.89. The summed E-state index contributed by atoms with van der Waals surface area (Å²) < 4.78 is 32.4. The largest absolute Gasteiger partial charge is 0.497 e. The molecular formula is C17H21NO4S. The fourth-order valence-electron chi connectivity index (χ4n) is 2.23. The van der Waals surface area contributed by atoms with Crippen LogP contribution in [-0.2, 0) is 10.0 Å².